The van der Waals surface area contributed by atoms with E-state index in [1.807, 2.05) is 13.8 Å². The average Bonchev–Trinajstić information content (AvgIpc) is 2.16. The minimum Gasteiger partial charge on any atom is -0.384 e. The zero-order valence-electron chi connectivity index (χ0n) is 9.53. The molecule has 0 aromatic carbocycles. The normalized spacial score (nSPS) is 10.2. The molecule has 0 aliphatic heterocycles. The molecule has 0 bridgehead atoms. The van der Waals surface area contributed by atoms with Gasteiger partial charge in [0.1, 0.15) is 18.0 Å². The molecule has 16 heavy (non-hydrogen) atoms. The van der Waals surface area contributed by atoms with Crippen molar-refractivity contribution in [3.63, 3.8) is 0 Å². The SMILES string of the molecule is CC(C)NC(=O)CCNc1cc(N)ncn1. The van der Waals surface area contributed by atoms with E-state index in [1.54, 1.807) is 6.07 Å². The Labute approximate surface area is 94.7 Å². The largest absolute Gasteiger partial charge is 0.384 e. The van der Waals surface area contributed by atoms with Gasteiger partial charge in [0.2, 0.25) is 5.91 Å². The lowest BCUT2D eigenvalue weighted by Crippen LogP contribution is -2.31. The van der Waals surface area contributed by atoms with Crippen molar-refractivity contribution in [1.29, 1.82) is 0 Å². The van der Waals surface area contributed by atoms with Gasteiger partial charge in [-0.1, -0.05) is 0 Å². The van der Waals surface area contributed by atoms with E-state index < -0.39 is 0 Å². The quantitative estimate of drug-likeness (QED) is 0.671. The standard InChI is InChI=1S/C10H17N5O/c1-7(2)15-10(16)3-4-12-9-5-8(11)13-6-14-9/h5-7H,3-4H2,1-2H3,(H,15,16)(H3,11,12,13,14). The van der Waals surface area contributed by atoms with Crippen LogP contribution < -0.4 is 16.4 Å². The first kappa shape index (κ1) is 12.2. The maximum Gasteiger partial charge on any atom is 0.221 e. The van der Waals surface area contributed by atoms with E-state index in [0.717, 1.165) is 0 Å². The molecule has 6 heteroatoms. The van der Waals surface area contributed by atoms with Gasteiger partial charge in [0.25, 0.3) is 0 Å². The van der Waals surface area contributed by atoms with Gasteiger partial charge in [0.05, 0.1) is 0 Å². The molecule has 1 amide bonds. The van der Waals surface area contributed by atoms with E-state index in [4.69, 9.17) is 5.73 Å². The lowest BCUT2D eigenvalue weighted by Gasteiger charge is -2.09. The van der Waals surface area contributed by atoms with Gasteiger partial charge in [-0.15, -0.1) is 0 Å². The molecular weight excluding hydrogens is 206 g/mol. The van der Waals surface area contributed by atoms with Crippen LogP contribution in [0.3, 0.4) is 0 Å². The average molecular weight is 223 g/mol. The molecule has 0 aliphatic rings. The summed E-state index contributed by atoms with van der Waals surface area (Å²) >= 11 is 0. The number of nitrogens with two attached hydrogens (primary N) is 1. The second-order valence-electron chi connectivity index (χ2n) is 3.73. The first-order chi connectivity index (χ1) is 7.58. The Morgan fingerprint density at radius 2 is 2.25 bits per heavy atom. The predicted octanol–water partition coefficient (Wildman–Crippen LogP) is 0.385. The molecule has 0 saturated heterocycles. The molecule has 1 rings (SSSR count). The summed E-state index contributed by atoms with van der Waals surface area (Å²) in [5, 5.41) is 5.80. The van der Waals surface area contributed by atoms with E-state index in [2.05, 4.69) is 20.6 Å². The minimum atomic E-state index is 0.0181. The molecule has 1 aromatic rings. The summed E-state index contributed by atoms with van der Waals surface area (Å²) in [7, 11) is 0. The molecule has 1 aromatic heterocycles. The Hall–Kier alpha value is -1.85. The Balaban J connectivity index is 2.28. The second kappa shape index (κ2) is 5.89. The van der Waals surface area contributed by atoms with Crippen molar-refractivity contribution in [2.75, 3.05) is 17.6 Å². The van der Waals surface area contributed by atoms with Crippen LogP contribution >= 0.6 is 0 Å². The van der Waals surface area contributed by atoms with Crippen LogP contribution in [-0.4, -0.2) is 28.5 Å². The van der Waals surface area contributed by atoms with Gasteiger partial charge in [0, 0.05) is 25.1 Å². The van der Waals surface area contributed by atoms with E-state index in [-0.39, 0.29) is 11.9 Å². The number of carbonyl (C=O) groups is 1. The van der Waals surface area contributed by atoms with Gasteiger partial charge >= 0.3 is 0 Å². The van der Waals surface area contributed by atoms with Crippen LogP contribution in [0, 0.1) is 0 Å². The van der Waals surface area contributed by atoms with Crippen molar-refractivity contribution in [2.24, 2.45) is 0 Å². The third kappa shape index (κ3) is 4.59. The Morgan fingerprint density at radius 1 is 1.50 bits per heavy atom. The molecule has 0 unspecified atom stereocenters. The molecule has 88 valence electrons. The Morgan fingerprint density at radius 3 is 2.88 bits per heavy atom. The zero-order valence-corrected chi connectivity index (χ0v) is 9.53. The first-order valence-electron chi connectivity index (χ1n) is 5.18. The zero-order chi connectivity index (χ0) is 12.0. The molecule has 0 atom stereocenters. The van der Waals surface area contributed by atoms with Gasteiger partial charge in [-0.25, -0.2) is 9.97 Å². The summed E-state index contributed by atoms with van der Waals surface area (Å²) in [5.41, 5.74) is 5.49. The van der Waals surface area contributed by atoms with Crippen LogP contribution in [0.25, 0.3) is 0 Å². The third-order valence-corrected chi connectivity index (χ3v) is 1.80. The Kier molecular flexibility index (Phi) is 4.50. The highest BCUT2D eigenvalue weighted by molar-refractivity contribution is 5.76. The summed E-state index contributed by atoms with van der Waals surface area (Å²) in [6, 6.07) is 1.79. The number of hydrogen-bond acceptors (Lipinski definition) is 5. The van der Waals surface area contributed by atoms with Crippen molar-refractivity contribution < 1.29 is 4.79 Å². The molecule has 0 aliphatic carbocycles. The van der Waals surface area contributed by atoms with Crippen molar-refractivity contribution in [3.8, 4) is 0 Å². The van der Waals surface area contributed by atoms with Crippen molar-refractivity contribution in [2.45, 2.75) is 26.3 Å². The molecule has 1 heterocycles. The fraction of sp³-hybridized carbons (Fsp3) is 0.500. The second-order valence-corrected chi connectivity index (χ2v) is 3.73. The molecular formula is C10H17N5O. The van der Waals surface area contributed by atoms with E-state index in [0.29, 0.717) is 24.6 Å². The fourth-order valence-electron chi connectivity index (χ4n) is 1.17. The van der Waals surface area contributed by atoms with Gasteiger partial charge in [-0.2, -0.15) is 0 Å². The van der Waals surface area contributed by atoms with Crippen molar-refractivity contribution >= 4 is 17.5 Å². The van der Waals surface area contributed by atoms with Crippen molar-refractivity contribution in [1.82, 2.24) is 15.3 Å². The monoisotopic (exact) mass is 223 g/mol. The molecule has 0 spiro atoms. The van der Waals surface area contributed by atoms with Crippen molar-refractivity contribution in [3.05, 3.63) is 12.4 Å². The molecule has 0 saturated carbocycles. The summed E-state index contributed by atoms with van der Waals surface area (Å²) in [6.45, 7) is 4.38. The summed E-state index contributed by atoms with van der Waals surface area (Å²) in [5.74, 6) is 1.05. The lowest BCUT2D eigenvalue weighted by atomic mass is 10.3. The number of nitrogens with zero attached hydrogens (tertiary/aromatic N) is 2. The van der Waals surface area contributed by atoms with Crippen LogP contribution in [-0.2, 0) is 4.79 Å². The van der Waals surface area contributed by atoms with Gasteiger partial charge < -0.3 is 16.4 Å². The summed E-state index contributed by atoms with van der Waals surface area (Å²) in [6.07, 6.45) is 1.79. The first-order valence-corrected chi connectivity index (χ1v) is 5.18. The third-order valence-electron chi connectivity index (χ3n) is 1.80. The Bertz CT molecular complexity index is 353. The van der Waals surface area contributed by atoms with E-state index in [9.17, 15) is 4.79 Å². The highest BCUT2D eigenvalue weighted by Gasteiger charge is 2.02. The highest BCUT2D eigenvalue weighted by atomic mass is 16.1. The number of carbonyl (C=O) groups excluding carboxylic acids is 1. The topological polar surface area (TPSA) is 92.9 Å². The number of anilines is 2. The number of aromatic nitrogens is 2. The highest BCUT2D eigenvalue weighted by Crippen LogP contribution is 2.04. The predicted molar refractivity (Wildman–Crippen MR) is 62.8 cm³/mol. The molecule has 6 nitrogen and oxygen atoms in total. The van der Waals surface area contributed by atoms with Crippen LogP contribution in [0.1, 0.15) is 20.3 Å². The molecule has 0 radical (unpaired) electrons. The van der Waals surface area contributed by atoms with Crippen LogP contribution in [0.2, 0.25) is 0 Å². The molecule has 0 fully saturated rings. The summed E-state index contributed by atoms with van der Waals surface area (Å²) < 4.78 is 0. The van der Waals surface area contributed by atoms with E-state index >= 15 is 0 Å². The van der Waals surface area contributed by atoms with Gasteiger partial charge in [-0.3, -0.25) is 4.79 Å². The van der Waals surface area contributed by atoms with E-state index in [1.165, 1.54) is 6.33 Å². The number of amides is 1. The maximum atomic E-state index is 11.3. The van der Waals surface area contributed by atoms with Crippen LogP contribution in [0.15, 0.2) is 12.4 Å². The van der Waals surface area contributed by atoms with Crippen LogP contribution in [0.5, 0.6) is 0 Å². The number of rotatable bonds is 5. The lowest BCUT2D eigenvalue weighted by molar-refractivity contribution is -0.121. The van der Waals surface area contributed by atoms with Gasteiger partial charge in [-0.05, 0) is 13.8 Å². The minimum absolute atomic E-state index is 0.0181. The maximum absolute atomic E-state index is 11.3. The van der Waals surface area contributed by atoms with Crippen LogP contribution in [0.4, 0.5) is 11.6 Å². The van der Waals surface area contributed by atoms with Gasteiger partial charge in [0.15, 0.2) is 0 Å². The number of nitrogens with one attached hydrogen (secondary N) is 2. The summed E-state index contributed by atoms with van der Waals surface area (Å²) in [4.78, 5) is 19.0. The smallest absolute Gasteiger partial charge is 0.221 e. The number of hydrogen-bond donors (Lipinski definition) is 3. The molecule has 4 N–H and O–H groups in total. The number of nitrogen functional groups attached to an aromatic ring is 1. The fourth-order valence-corrected chi connectivity index (χ4v) is 1.17.